The van der Waals surface area contributed by atoms with Crippen LogP contribution >= 0.6 is 0 Å². The van der Waals surface area contributed by atoms with Crippen LogP contribution in [0.1, 0.15) is 24.8 Å². The first kappa shape index (κ1) is 24.6. The Bertz CT molecular complexity index is 1590. The van der Waals surface area contributed by atoms with Crippen LogP contribution in [0.3, 0.4) is 0 Å². The molecule has 0 amide bonds. The van der Waals surface area contributed by atoms with Crippen molar-refractivity contribution in [3.8, 4) is 22.9 Å². The van der Waals surface area contributed by atoms with Gasteiger partial charge in [0.1, 0.15) is 5.75 Å². The van der Waals surface area contributed by atoms with E-state index in [2.05, 4.69) is 20.6 Å². The van der Waals surface area contributed by atoms with Gasteiger partial charge in [0.15, 0.2) is 0 Å². The van der Waals surface area contributed by atoms with Crippen molar-refractivity contribution in [3.63, 3.8) is 0 Å². The third kappa shape index (κ3) is 4.77. The minimum absolute atomic E-state index is 0.170. The number of aromatic nitrogens is 3. The number of rotatable bonds is 6. The molecule has 0 aliphatic carbocycles. The molecule has 0 spiro atoms. The summed E-state index contributed by atoms with van der Waals surface area (Å²) in [5, 5.41) is 8.49. The summed E-state index contributed by atoms with van der Waals surface area (Å²) in [5.41, 5.74) is 3.05. The van der Waals surface area contributed by atoms with Gasteiger partial charge in [0.05, 0.1) is 22.7 Å². The van der Waals surface area contributed by atoms with Crippen molar-refractivity contribution in [2.24, 2.45) is 0 Å². The summed E-state index contributed by atoms with van der Waals surface area (Å²) >= 11 is 0. The van der Waals surface area contributed by atoms with Gasteiger partial charge < -0.3 is 15.4 Å². The Balaban J connectivity index is 1.36. The zero-order valence-corrected chi connectivity index (χ0v) is 22.0. The van der Waals surface area contributed by atoms with E-state index in [9.17, 15) is 8.42 Å². The van der Waals surface area contributed by atoms with Crippen molar-refractivity contribution in [2.75, 3.05) is 35.0 Å². The maximum atomic E-state index is 12.7. The molecular formula is C28H30N6O3S. The minimum atomic E-state index is -3.32. The Morgan fingerprint density at radius 2 is 1.95 bits per heavy atom. The number of anilines is 2. The molecule has 9 nitrogen and oxygen atoms in total. The van der Waals surface area contributed by atoms with Gasteiger partial charge in [0, 0.05) is 42.3 Å². The zero-order chi connectivity index (χ0) is 26.1. The maximum Gasteiger partial charge on any atom is 0.235 e. The number of nitrogens with zero attached hydrogens (tertiary/aromatic N) is 4. The average molecular weight is 531 g/mol. The van der Waals surface area contributed by atoms with Crippen LogP contribution in [0.4, 0.5) is 11.6 Å². The van der Waals surface area contributed by atoms with Gasteiger partial charge in [-0.25, -0.2) is 23.4 Å². The lowest BCUT2D eigenvalue weighted by Gasteiger charge is -2.23. The number of ether oxygens (including phenoxy) is 1. The minimum Gasteiger partial charge on any atom is -0.437 e. The van der Waals surface area contributed by atoms with Gasteiger partial charge in [0.25, 0.3) is 0 Å². The van der Waals surface area contributed by atoms with E-state index >= 15 is 0 Å². The number of pyridine rings is 1. The zero-order valence-electron chi connectivity index (χ0n) is 21.2. The number of sulfonamides is 1. The van der Waals surface area contributed by atoms with Gasteiger partial charge in [-0.1, -0.05) is 24.3 Å². The van der Waals surface area contributed by atoms with Crippen molar-refractivity contribution in [3.05, 3.63) is 66.5 Å². The van der Waals surface area contributed by atoms with Crippen molar-refractivity contribution in [2.45, 2.75) is 32.2 Å². The Kier molecular flexibility index (Phi) is 6.59. The fourth-order valence-corrected chi connectivity index (χ4v) is 6.77. The first-order valence-corrected chi connectivity index (χ1v) is 14.6. The highest BCUT2D eigenvalue weighted by atomic mass is 32.2. The molecule has 2 aromatic heterocycles. The number of nitrogens with one attached hydrogen (secondary N) is 2. The molecule has 10 heteroatoms. The Morgan fingerprint density at radius 1 is 1.03 bits per heavy atom. The molecule has 2 saturated heterocycles. The quantitative estimate of drug-likeness (QED) is 0.375. The lowest BCUT2D eigenvalue weighted by atomic mass is 10.0. The number of fused-ring (bicyclic) bond motifs is 1. The van der Waals surface area contributed by atoms with Crippen LogP contribution in [0.5, 0.6) is 11.6 Å². The first-order chi connectivity index (χ1) is 18.5. The molecule has 0 saturated carbocycles. The van der Waals surface area contributed by atoms with E-state index in [0.29, 0.717) is 41.9 Å². The normalized spacial score (nSPS) is 19.0. The van der Waals surface area contributed by atoms with Crippen LogP contribution in [0.25, 0.3) is 22.0 Å². The fraction of sp³-hybridized carbons (Fsp3) is 0.321. The molecular weight excluding hydrogens is 500 g/mol. The molecule has 2 fully saturated rings. The van der Waals surface area contributed by atoms with E-state index in [1.54, 1.807) is 12.4 Å². The predicted molar refractivity (Wildman–Crippen MR) is 149 cm³/mol. The fourth-order valence-electron chi connectivity index (χ4n) is 5.19. The second kappa shape index (κ2) is 10.2. The molecule has 2 N–H and O–H groups in total. The predicted octanol–water partition coefficient (Wildman–Crippen LogP) is 4.50. The van der Waals surface area contributed by atoms with Crippen LogP contribution in [-0.2, 0) is 10.0 Å². The van der Waals surface area contributed by atoms with Crippen molar-refractivity contribution in [1.29, 1.82) is 0 Å². The molecule has 4 aromatic rings. The molecule has 2 aromatic carbocycles. The molecule has 38 heavy (non-hydrogen) atoms. The Morgan fingerprint density at radius 3 is 2.76 bits per heavy atom. The second-order valence-corrected chi connectivity index (χ2v) is 11.7. The maximum absolute atomic E-state index is 12.7. The van der Waals surface area contributed by atoms with E-state index in [4.69, 9.17) is 9.72 Å². The Hall–Kier alpha value is -3.76. The van der Waals surface area contributed by atoms with E-state index < -0.39 is 10.0 Å². The van der Waals surface area contributed by atoms with Crippen molar-refractivity contribution in [1.82, 2.24) is 20.3 Å². The summed E-state index contributed by atoms with van der Waals surface area (Å²) in [6.07, 6.45) is 6.24. The molecule has 1 atom stereocenters. The molecule has 2 aliphatic heterocycles. The lowest BCUT2D eigenvalue weighted by Crippen LogP contribution is -2.38. The Labute approximate surface area is 222 Å². The first-order valence-electron chi connectivity index (χ1n) is 13.0. The highest BCUT2D eigenvalue weighted by molar-refractivity contribution is 7.93. The monoisotopic (exact) mass is 530 g/mol. The average Bonchev–Trinajstić information content (AvgIpc) is 3.29. The summed E-state index contributed by atoms with van der Waals surface area (Å²) < 4.78 is 33.3. The van der Waals surface area contributed by atoms with Crippen molar-refractivity contribution >= 4 is 32.4 Å². The molecule has 2 aliphatic rings. The van der Waals surface area contributed by atoms with Gasteiger partial charge in [-0.05, 0) is 62.6 Å². The molecule has 0 unspecified atom stereocenters. The second-order valence-electron chi connectivity index (χ2n) is 9.74. The van der Waals surface area contributed by atoms with Crippen LogP contribution in [-0.4, -0.2) is 54.8 Å². The number of hydrogen-bond acceptors (Lipinski definition) is 8. The van der Waals surface area contributed by atoms with Gasteiger partial charge in [-0.3, -0.25) is 4.31 Å². The number of hydrogen-bond donors (Lipinski definition) is 2. The third-order valence-electron chi connectivity index (χ3n) is 7.09. The third-order valence-corrected chi connectivity index (χ3v) is 8.94. The SMILES string of the molecule is Cc1ccc2c(N3CCCS3(=O)=O)cccc2c1Oc1ncccc1-c1ccnc(N[C@H]2CCCNC2)n1. The molecule has 4 heterocycles. The number of aryl methyl sites for hydroxylation is 1. The molecule has 196 valence electrons. The summed E-state index contributed by atoms with van der Waals surface area (Å²) in [4.78, 5) is 13.7. The van der Waals surface area contributed by atoms with Crippen LogP contribution < -0.4 is 19.7 Å². The van der Waals surface area contributed by atoms with Gasteiger partial charge in [-0.2, -0.15) is 0 Å². The van der Waals surface area contributed by atoms with Crippen LogP contribution in [0.2, 0.25) is 0 Å². The summed E-state index contributed by atoms with van der Waals surface area (Å²) in [6, 6.07) is 15.5. The largest absolute Gasteiger partial charge is 0.437 e. The topological polar surface area (TPSA) is 109 Å². The summed E-state index contributed by atoms with van der Waals surface area (Å²) in [6.45, 7) is 4.38. The highest BCUT2D eigenvalue weighted by Crippen LogP contribution is 2.40. The highest BCUT2D eigenvalue weighted by Gasteiger charge is 2.30. The van der Waals surface area contributed by atoms with Crippen molar-refractivity contribution < 1.29 is 13.2 Å². The summed E-state index contributed by atoms with van der Waals surface area (Å²) in [5.74, 6) is 1.81. The smallest absolute Gasteiger partial charge is 0.235 e. The lowest BCUT2D eigenvalue weighted by molar-refractivity contribution is 0.466. The van der Waals surface area contributed by atoms with E-state index in [1.165, 1.54) is 4.31 Å². The molecule has 0 bridgehead atoms. The van der Waals surface area contributed by atoms with Gasteiger partial charge in [-0.15, -0.1) is 0 Å². The summed E-state index contributed by atoms with van der Waals surface area (Å²) in [7, 11) is -3.32. The number of benzene rings is 2. The number of piperidine rings is 1. The van der Waals surface area contributed by atoms with E-state index in [0.717, 1.165) is 47.8 Å². The van der Waals surface area contributed by atoms with E-state index in [1.807, 2.05) is 55.5 Å². The standard InChI is InChI=1S/C28H30N6O3S/c1-19-10-11-21-22(7-2-9-25(21)34-16-5-17-38(34,35)36)26(19)37-27-23(8-4-14-30-27)24-12-15-31-28(33-24)32-20-6-3-13-29-18-20/h2,4,7-12,14-15,20,29H,3,5-6,13,16-18H2,1H3,(H,31,32,33)/t20-/m0/s1. The van der Waals surface area contributed by atoms with Crippen LogP contribution in [0, 0.1) is 6.92 Å². The molecule has 6 rings (SSSR count). The van der Waals surface area contributed by atoms with E-state index in [-0.39, 0.29) is 11.8 Å². The van der Waals surface area contributed by atoms with Gasteiger partial charge >= 0.3 is 0 Å². The van der Waals surface area contributed by atoms with Crippen LogP contribution in [0.15, 0.2) is 60.9 Å². The molecule has 0 radical (unpaired) electrons. The van der Waals surface area contributed by atoms with Gasteiger partial charge in [0.2, 0.25) is 21.9 Å².